The van der Waals surface area contributed by atoms with Crippen molar-refractivity contribution >= 4 is 23.0 Å². The van der Waals surface area contributed by atoms with E-state index in [-0.39, 0.29) is 29.6 Å². The van der Waals surface area contributed by atoms with Gasteiger partial charge in [-0.15, -0.1) is 0 Å². The van der Waals surface area contributed by atoms with Crippen molar-refractivity contribution in [1.82, 2.24) is 14.7 Å². The molecule has 0 aliphatic carbocycles. The Labute approximate surface area is 174 Å². The molecule has 2 atom stereocenters. The van der Waals surface area contributed by atoms with Crippen molar-refractivity contribution < 1.29 is 19.4 Å². The zero-order valence-corrected chi connectivity index (χ0v) is 17.2. The molecule has 1 N–H and O–H groups in total. The summed E-state index contributed by atoms with van der Waals surface area (Å²) in [7, 11) is 1.77. The first-order valence-corrected chi connectivity index (χ1v) is 10.3. The molecule has 1 aliphatic rings. The first-order chi connectivity index (χ1) is 14.0. The number of ether oxygens (including phenoxy) is 1. The average Bonchev–Trinajstić information content (AvgIpc) is 3.29. The second-order valence-corrected chi connectivity index (χ2v) is 8.18. The van der Waals surface area contributed by atoms with Crippen molar-refractivity contribution in [3.05, 3.63) is 66.0 Å². The fraction of sp³-hybridized carbons (Fsp3) is 0.381. The fourth-order valence-corrected chi connectivity index (χ4v) is 4.65. The number of carbonyl (C=O) groups is 2. The predicted molar refractivity (Wildman–Crippen MR) is 112 cm³/mol. The summed E-state index contributed by atoms with van der Waals surface area (Å²) in [4.78, 5) is 26.8. The highest BCUT2D eigenvalue weighted by Crippen LogP contribution is 2.32. The van der Waals surface area contributed by atoms with Crippen LogP contribution in [0.5, 0.6) is 0 Å². The van der Waals surface area contributed by atoms with Gasteiger partial charge < -0.3 is 14.7 Å². The molecular formula is C21H25N3O4S. The zero-order chi connectivity index (χ0) is 20.8. The first-order valence-electron chi connectivity index (χ1n) is 9.44. The maximum absolute atomic E-state index is 12.6. The smallest absolute Gasteiger partial charge is 0.410 e. The van der Waals surface area contributed by atoms with Crippen LogP contribution in [0.25, 0.3) is 0 Å². The number of aryl methyl sites for hydroxylation is 1. The summed E-state index contributed by atoms with van der Waals surface area (Å²) in [6.07, 6.45) is 4.03. The Hall–Kier alpha value is -2.58. The van der Waals surface area contributed by atoms with Gasteiger partial charge in [0, 0.05) is 30.4 Å². The molecule has 8 heteroatoms. The van der Waals surface area contributed by atoms with Crippen LogP contribution >= 0.6 is 11.8 Å². The lowest BCUT2D eigenvalue weighted by atomic mass is 10.0. The van der Waals surface area contributed by atoms with E-state index in [0.29, 0.717) is 24.9 Å². The number of benzene rings is 1. The van der Waals surface area contributed by atoms with E-state index in [1.165, 1.54) is 17.8 Å². The monoisotopic (exact) mass is 415 g/mol. The minimum atomic E-state index is -0.417. The topological polar surface area (TPSA) is 84.7 Å². The highest BCUT2D eigenvalue weighted by atomic mass is 32.2. The van der Waals surface area contributed by atoms with E-state index in [2.05, 4.69) is 11.7 Å². The molecule has 29 heavy (non-hydrogen) atoms. The molecule has 0 saturated carbocycles. The van der Waals surface area contributed by atoms with E-state index >= 15 is 0 Å². The van der Waals surface area contributed by atoms with Crippen LogP contribution in [0.4, 0.5) is 4.79 Å². The van der Waals surface area contributed by atoms with Crippen molar-refractivity contribution in [3.63, 3.8) is 0 Å². The number of thioether (sulfide) groups is 1. The molecule has 7 nitrogen and oxygen atoms in total. The summed E-state index contributed by atoms with van der Waals surface area (Å²) in [5, 5.41) is 13.8. The minimum Gasteiger partial charge on any atom is -0.445 e. The van der Waals surface area contributed by atoms with Crippen molar-refractivity contribution in [2.75, 3.05) is 13.2 Å². The molecule has 1 fully saturated rings. The quantitative estimate of drug-likeness (QED) is 0.700. The van der Waals surface area contributed by atoms with Gasteiger partial charge in [0.2, 0.25) is 5.12 Å². The Morgan fingerprint density at radius 2 is 2.14 bits per heavy atom. The third kappa shape index (κ3) is 5.07. The van der Waals surface area contributed by atoms with E-state index in [4.69, 9.17) is 4.74 Å². The second-order valence-electron chi connectivity index (χ2n) is 6.90. The summed E-state index contributed by atoms with van der Waals surface area (Å²) in [6.45, 7) is 4.02. The highest BCUT2D eigenvalue weighted by molar-refractivity contribution is 8.14. The summed E-state index contributed by atoms with van der Waals surface area (Å²) >= 11 is 1.26. The Balaban J connectivity index is 1.73. The van der Waals surface area contributed by atoms with Gasteiger partial charge in [0.05, 0.1) is 18.5 Å². The summed E-state index contributed by atoms with van der Waals surface area (Å²) in [5.41, 5.74) is 2.26. The third-order valence-corrected chi connectivity index (χ3v) is 6.10. The molecular weight excluding hydrogens is 390 g/mol. The molecule has 1 saturated heterocycles. The van der Waals surface area contributed by atoms with Crippen LogP contribution in [-0.4, -0.2) is 55.4 Å². The number of aliphatic hydroxyl groups is 1. The van der Waals surface area contributed by atoms with E-state index in [9.17, 15) is 14.7 Å². The Kier molecular flexibility index (Phi) is 7.11. The average molecular weight is 416 g/mol. The van der Waals surface area contributed by atoms with Crippen LogP contribution < -0.4 is 0 Å². The number of likely N-dealkylation sites (tertiary alicyclic amines) is 1. The highest BCUT2D eigenvalue weighted by Gasteiger charge is 2.38. The number of rotatable bonds is 7. The van der Waals surface area contributed by atoms with Gasteiger partial charge in [-0.1, -0.05) is 54.7 Å². The SMILES string of the molecule is C=CCOC(=O)N1C[C@@H](SC(=O)c2ccccc2)C[C@H]1Cc1cnn(C)c1CO. The van der Waals surface area contributed by atoms with Crippen LogP contribution in [0.1, 0.15) is 28.0 Å². The molecule has 3 rings (SSSR count). The molecule has 1 aromatic heterocycles. The van der Waals surface area contributed by atoms with Crippen LogP contribution in [0.15, 0.2) is 49.2 Å². The number of hydrogen-bond acceptors (Lipinski definition) is 6. The largest absolute Gasteiger partial charge is 0.445 e. The molecule has 1 aromatic carbocycles. The number of nitrogens with zero attached hydrogens (tertiary/aromatic N) is 3. The maximum atomic E-state index is 12.6. The Morgan fingerprint density at radius 3 is 2.83 bits per heavy atom. The maximum Gasteiger partial charge on any atom is 0.410 e. The van der Waals surface area contributed by atoms with Gasteiger partial charge in [-0.2, -0.15) is 5.10 Å². The third-order valence-electron chi connectivity index (χ3n) is 4.97. The number of amides is 1. The number of aromatic nitrogens is 2. The van der Waals surface area contributed by atoms with Gasteiger partial charge in [0.1, 0.15) is 6.61 Å². The van der Waals surface area contributed by atoms with Crippen LogP contribution in [-0.2, 0) is 24.8 Å². The van der Waals surface area contributed by atoms with Crippen LogP contribution in [0.2, 0.25) is 0 Å². The lowest BCUT2D eigenvalue weighted by Gasteiger charge is -2.23. The molecule has 2 aromatic rings. The van der Waals surface area contributed by atoms with Gasteiger partial charge in [-0.3, -0.25) is 9.48 Å². The van der Waals surface area contributed by atoms with Crippen molar-refractivity contribution in [2.24, 2.45) is 7.05 Å². The molecule has 154 valence electrons. The number of hydrogen-bond donors (Lipinski definition) is 1. The van der Waals surface area contributed by atoms with E-state index in [1.807, 2.05) is 18.2 Å². The van der Waals surface area contributed by atoms with Gasteiger partial charge in [0.25, 0.3) is 0 Å². The van der Waals surface area contributed by atoms with E-state index < -0.39 is 6.09 Å². The minimum absolute atomic E-state index is 0.00640. The molecule has 0 unspecified atom stereocenters. The van der Waals surface area contributed by atoms with Crippen molar-refractivity contribution in [1.29, 1.82) is 0 Å². The molecule has 0 spiro atoms. The second kappa shape index (κ2) is 9.76. The number of carbonyl (C=O) groups excluding carboxylic acids is 2. The standard InChI is InChI=1S/C21H25N3O4S/c1-3-9-28-21(27)24-13-18(29-20(26)15-7-5-4-6-8-15)11-17(24)10-16-12-22-23(2)19(16)14-25/h3-8,12,17-18,25H,1,9-11,13-14H2,2H3/t17-,18+/m1/s1. The van der Waals surface area contributed by atoms with Crippen LogP contribution in [0.3, 0.4) is 0 Å². The fourth-order valence-electron chi connectivity index (χ4n) is 3.52. The van der Waals surface area contributed by atoms with Crippen molar-refractivity contribution in [2.45, 2.75) is 30.7 Å². The molecule has 0 bridgehead atoms. The summed E-state index contributed by atoms with van der Waals surface area (Å²) < 4.78 is 6.88. The van der Waals surface area contributed by atoms with E-state index in [1.54, 1.807) is 35.0 Å². The molecule has 1 aliphatic heterocycles. The van der Waals surface area contributed by atoms with Gasteiger partial charge in [-0.05, 0) is 18.4 Å². The predicted octanol–water partition coefficient (Wildman–Crippen LogP) is 2.79. The Morgan fingerprint density at radius 1 is 1.38 bits per heavy atom. The van der Waals surface area contributed by atoms with E-state index in [0.717, 1.165) is 11.3 Å². The van der Waals surface area contributed by atoms with Gasteiger partial charge in [0.15, 0.2) is 0 Å². The first kappa shape index (κ1) is 21.1. The molecule has 2 heterocycles. The zero-order valence-electron chi connectivity index (χ0n) is 16.4. The molecule has 0 radical (unpaired) electrons. The van der Waals surface area contributed by atoms with Crippen LogP contribution in [0, 0.1) is 0 Å². The summed E-state index contributed by atoms with van der Waals surface area (Å²) in [5.74, 6) is 0. The summed E-state index contributed by atoms with van der Waals surface area (Å²) in [6, 6.07) is 8.99. The Bertz CT molecular complexity index is 868. The lowest BCUT2D eigenvalue weighted by Crippen LogP contribution is -2.37. The van der Waals surface area contributed by atoms with Crippen molar-refractivity contribution in [3.8, 4) is 0 Å². The lowest BCUT2D eigenvalue weighted by molar-refractivity contribution is 0.107. The van der Waals surface area contributed by atoms with Gasteiger partial charge in [-0.25, -0.2) is 4.79 Å². The van der Waals surface area contributed by atoms with Gasteiger partial charge >= 0.3 is 6.09 Å². The normalized spacial score (nSPS) is 18.6. The number of aliphatic hydroxyl groups excluding tert-OH is 1. The molecule has 1 amide bonds.